The number of hydrogen-bond acceptors (Lipinski definition) is 2. The lowest BCUT2D eigenvalue weighted by Crippen LogP contribution is -2.20. The van der Waals surface area contributed by atoms with Crippen molar-refractivity contribution in [1.29, 1.82) is 0 Å². The molecule has 152 valence electrons. The minimum absolute atomic E-state index is 0.220. The Morgan fingerprint density at radius 3 is 2.03 bits per heavy atom. The number of carbonyl (C=O) groups is 1. The van der Waals surface area contributed by atoms with Crippen molar-refractivity contribution in [3.8, 4) is 11.3 Å². The Morgan fingerprint density at radius 2 is 1.52 bits per heavy atom. The molecule has 0 spiro atoms. The van der Waals surface area contributed by atoms with Gasteiger partial charge in [0, 0.05) is 10.6 Å². The fourth-order valence-corrected chi connectivity index (χ4v) is 2.50. The molecule has 12 heteroatoms. The first-order chi connectivity index (χ1) is 13.5. The number of halogens is 8. The molecule has 4 nitrogen and oxygen atoms in total. The molecular weight excluding hydrogens is 431 g/mol. The van der Waals surface area contributed by atoms with Crippen LogP contribution in [0.1, 0.15) is 16.1 Å². The summed E-state index contributed by atoms with van der Waals surface area (Å²) < 4.78 is 92.8. The molecule has 0 aliphatic rings. The first-order valence-electron chi connectivity index (χ1n) is 7.56. The predicted molar refractivity (Wildman–Crippen MR) is 88.3 cm³/mol. The number of nitrogens with one attached hydrogen (secondary N) is 2. The van der Waals surface area contributed by atoms with Crippen LogP contribution in [0.2, 0.25) is 5.02 Å². The fourth-order valence-electron chi connectivity index (χ4n) is 2.38. The van der Waals surface area contributed by atoms with Gasteiger partial charge >= 0.3 is 6.18 Å². The Morgan fingerprint density at radius 1 is 0.966 bits per heavy atom. The van der Waals surface area contributed by atoms with Gasteiger partial charge < -0.3 is 5.32 Å². The Hall–Kier alpha value is -3.08. The van der Waals surface area contributed by atoms with Crippen molar-refractivity contribution in [2.45, 2.75) is 6.18 Å². The summed E-state index contributed by atoms with van der Waals surface area (Å²) >= 11 is 5.74. The number of rotatable bonds is 3. The number of carbonyl (C=O) groups excluding carboxylic acids is 1. The Kier molecular flexibility index (Phi) is 5.26. The molecule has 0 fully saturated rings. The standard InChI is InChI=1S/C17H7ClF7N3O/c18-7-3-1-6(2-4-7)8-5-9(28-27-8)16(29)26-15-13(21)11(19)10(17(23,24)25)12(20)14(15)22/h1-5H,(H,26,29)(H,27,28). The highest BCUT2D eigenvalue weighted by molar-refractivity contribution is 6.30. The topological polar surface area (TPSA) is 57.8 Å². The largest absolute Gasteiger partial charge is 0.422 e. The second-order valence-electron chi connectivity index (χ2n) is 5.63. The molecule has 0 atom stereocenters. The number of nitrogens with zero attached hydrogens (tertiary/aromatic N) is 1. The number of H-pyrrole nitrogens is 1. The normalized spacial score (nSPS) is 11.6. The summed E-state index contributed by atoms with van der Waals surface area (Å²) in [7, 11) is 0. The molecule has 0 radical (unpaired) electrons. The summed E-state index contributed by atoms with van der Waals surface area (Å²) in [6.45, 7) is 0. The van der Waals surface area contributed by atoms with Crippen molar-refractivity contribution in [2.75, 3.05) is 5.32 Å². The van der Waals surface area contributed by atoms with E-state index < -0.39 is 46.6 Å². The van der Waals surface area contributed by atoms with Gasteiger partial charge in [0.15, 0.2) is 23.3 Å². The first-order valence-corrected chi connectivity index (χ1v) is 7.94. The van der Waals surface area contributed by atoms with Gasteiger partial charge in [0.1, 0.15) is 16.9 Å². The summed E-state index contributed by atoms with van der Waals surface area (Å²) in [6.07, 6.45) is -5.69. The zero-order valence-electron chi connectivity index (χ0n) is 13.8. The molecule has 0 aliphatic heterocycles. The lowest BCUT2D eigenvalue weighted by Gasteiger charge is -2.14. The molecule has 1 aromatic heterocycles. The minimum Gasteiger partial charge on any atom is -0.316 e. The zero-order chi connectivity index (χ0) is 21.5. The number of aromatic nitrogens is 2. The molecule has 0 saturated carbocycles. The third-order valence-corrected chi connectivity index (χ3v) is 4.00. The van der Waals surface area contributed by atoms with Crippen LogP contribution in [0.25, 0.3) is 11.3 Å². The molecule has 0 aliphatic carbocycles. The molecule has 0 saturated heterocycles. The van der Waals surface area contributed by atoms with Crippen LogP contribution in [-0.4, -0.2) is 16.1 Å². The molecule has 3 aromatic rings. The van der Waals surface area contributed by atoms with Crippen LogP contribution in [0, 0.1) is 23.3 Å². The van der Waals surface area contributed by atoms with Crippen molar-refractivity contribution in [3.05, 3.63) is 69.9 Å². The summed E-state index contributed by atoms with van der Waals surface area (Å²) in [6, 6.07) is 7.32. The molecule has 3 rings (SSSR count). The van der Waals surface area contributed by atoms with E-state index in [9.17, 15) is 35.5 Å². The lowest BCUT2D eigenvalue weighted by atomic mass is 10.1. The van der Waals surface area contributed by atoms with Crippen LogP contribution in [0.3, 0.4) is 0 Å². The summed E-state index contributed by atoms with van der Waals surface area (Å²) in [5, 5.41) is 7.96. The number of anilines is 1. The number of alkyl halides is 3. The maximum absolute atomic E-state index is 13.9. The smallest absolute Gasteiger partial charge is 0.316 e. The van der Waals surface area contributed by atoms with Crippen LogP contribution < -0.4 is 5.32 Å². The van der Waals surface area contributed by atoms with Crippen LogP contribution in [0.15, 0.2) is 30.3 Å². The van der Waals surface area contributed by atoms with Crippen LogP contribution in [-0.2, 0) is 6.18 Å². The zero-order valence-corrected chi connectivity index (χ0v) is 14.5. The maximum atomic E-state index is 13.9. The van der Waals surface area contributed by atoms with E-state index in [4.69, 9.17) is 11.6 Å². The maximum Gasteiger partial charge on any atom is 0.422 e. The predicted octanol–water partition coefficient (Wildman–Crippen LogP) is 5.56. The van der Waals surface area contributed by atoms with E-state index in [-0.39, 0.29) is 11.4 Å². The van der Waals surface area contributed by atoms with Gasteiger partial charge in [-0.15, -0.1) is 0 Å². The Labute approximate surface area is 162 Å². The number of hydrogen-bond donors (Lipinski definition) is 2. The van der Waals surface area contributed by atoms with Crippen molar-refractivity contribution in [1.82, 2.24) is 10.2 Å². The van der Waals surface area contributed by atoms with E-state index >= 15 is 0 Å². The summed E-state index contributed by atoms with van der Waals surface area (Å²) in [4.78, 5) is 12.1. The van der Waals surface area contributed by atoms with Crippen molar-refractivity contribution in [2.24, 2.45) is 0 Å². The minimum atomic E-state index is -5.69. The second kappa shape index (κ2) is 7.39. The second-order valence-corrected chi connectivity index (χ2v) is 6.07. The summed E-state index contributed by atoms with van der Waals surface area (Å²) in [5.41, 5.74) is -4.10. The number of benzene rings is 2. The number of amides is 1. The van der Waals surface area contributed by atoms with Crippen molar-refractivity contribution >= 4 is 23.2 Å². The van der Waals surface area contributed by atoms with Crippen LogP contribution in [0.5, 0.6) is 0 Å². The average Bonchev–Trinajstić information content (AvgIpc) is 3.13. The molecular formula is C17H7ClF7N3O. The van der Waals surface area contributed by atoms with Gasteiger partial charge in [0.05, 0.1) is 5.69 Å². The monoisotopic (exact) mass is 437 g/mol. The van der Waals surface area contributed by atoms with Crippen LogP contribution >= 0.6 is 11.6 Å². The molecule has 2 N–H and O–H groups in total. The van der Waals surface area contributed by atoms with Crippen molar-refractivity contribution < 1.29 is 35.5 Å². The van der Waals surface area contributed by atoms with Gasteiger partial charge in [-0.2, -0.15) is 18.3 Å². The summed E-state index contributed by atoms with van der Waals surface area (Å²) in [5.74, 6) is -11.5. The first kappa shape index (κ1) is 20.6. The average molecular weight is 438 g/mol. The van der Waals surface area contributed by atoms with Gasteiger partial charge in [-0.25, -0.2) is 17.6 Å². The molecule has 1 amide bonds. The van der Waals surface area contributed by atoms with E-state index in [1.807, 2.05) is 0 Å². The van der Waals surface area contributed by atoms with E-state index in [1.165, 1.54) is 17.4 Å². The highest BCUT2D eigenvalue weighted by Crippen LogP contribution is 2.38. The van der Waals surface area contributed by atoms with Gasteiger partial charge in [-0.1, -0.05) is 23.7 Å². The third kappa shape index (κ3) is 3.90. The number of aromatic amines is 1. The molecule has 2 aromatic carbocycles. The van der Waals surface area contributed by atoms with Gasteiger partial charge in [-0.05, 0) is 18.2 Å². The third-order valence-electron chi connectivity index (χ3n) is 3.75. The fraction of sp³-hybridized carbons (Fsp3) is 0.0588. The van der Waals surface area contributed by atoms with Crippen LogP contribution in [0.4, 0.5) is 36.4 Å². The Balaban J connectivity index is 1.93. The van der Waals surface area contributed by atoms with E-state index in [0.29, 0.717) is 10.6 Å². The molecule has 29 heavy (non-hydrogen) atoms. The highest BCUT2D eigenvalue weighted by atomic mass is 35.5. The molecule has 0 unspecified atom stereocenters. The van der Waals surface area contributed by atoms with Gasteiger partial charge in [0.2, 0.25) is 0 Å². The van der Waals surface area contributed by atoms with Crippen molar-refractivity contribution in [3.63, 3.8) is 0 Å². The SMILES string of the molecule is O=C(Nc1c(F)c(F)c(C(F)(F)F)c(F)c1F)c1cc(-c2ccc(Cl)cc2)n[nH]1. The Bertz CT molecular complexity index is 1060. The van der Waals surface area contributed by atoms with E-state index in [0.717, 1.165) is 6.07 Å². The van der Waals surface area contributed by atoms with Gasteiger partial charge in [-0.3, -0.25) is 9.89 Å². The van der Waals surface area contributed by atoms with E-state index in [1.54, 1.807) is 12.1 Å². The van der Waals surface area contributed by atoms with Gasteiger partial charge in [0.25, 0.3) is 5.91 Å². The highest BCUT2D eigenvalue weighted by Gasteiger charge is 2.42. The molecule has 0 bridgehead atoms. The molecule has 1 heterocycles. The lowest BCUT2D eigenvalue weighted by molar-refractivity contribution is -0.143. The quantitative estimate of drug-likeness (QED) is 0.416. The van der Waals surface area contributed by atoms with E-state index in [2.05, 4.69) is 10.2 Å².